The van der Waals surface area contributed by atoms with Crippen LogP contribution in [-0.2, 0) is 6.54 Å². The van der Waals surface area contributed by atoms with E-state index < -0.39 is 0 Å². The van der Waals surface area contributed by atoms with Crippen LogP contribution in [0.15, 0.2) is 30.5 Å². The first-order valence-electron chi connectivity index (χ1n) is 6.61. The molecule has 1 aromatic carbocycles. The quantitative estimate of drug-likeness (QED) is 0.649. The number of non-ortho nitro benzene ring substituents is 1. The molecule has 0 fully saturated rings. The first-order valence-corrected chi connectivity index (χ1v) is 6.61. The molecule has 6 nitrogen and oxygen atoms in total. The topological polar surface area (TPSA) is 73.0 Å². The van der Waals surface area contributed by atoms with Gasteiger partial charge in [0.25, 0.3) is 5.69 Å². The molecular weight excluding hydrogens is 256 g/mol. The van der Waals surface area contributed by atoms with Crippen molar-refractivity contribution in [1.82, 2.24) is 9.78 Å². The highest BCUT2D eigenvalue weighted by Crippen LogP contribution is 2.23. The standard InChI is InChI=1S/C14H18N4O2/c1-3-7-15-14-5-4-13(18(19)20)9-12(14)10-17-8-6-11(2)16-17/h4-6,8-9,15H,3,7,10H2,1-2H3. The van der Waals surface area contributed by atoms with Crippen LogP contribution in [0.1, 0.15) is 24.6 Å². The van der Waals surface area contributed by atoms with E-state index in [9.17, 15) is 10.1 Å². The molecule has 0 radical (unpaired) electrons. The van der Waals surface area contributed by atoms with Crippen LogP contribution >= 0.6 is 0 Å². The molecule has 1 heterocycles. The average Bonchev–Trinajstić information content (AvgIpc) is 2.82. The zero-order chi connectivity index (χ0) is 14.5. The average molecular weight is 274 g/mol. The minimum atomic E-state index is -0.374. The lowest BCUT2D eigenvalue weighted by Crippen LogP contribution is -2.07. The molecule has 0 bridgehead atoms. The Morgan fingerprint density at radius 1 is 1.40 bits per heavy atom. The van der Waals surface area contributed by atoms with Crippen molar-refractivity contribution in [2.75, 3.05) is 11.9 Å². The zero-order valence-corrected chi connectivity index (χ0v) is 11.7. The van der Waals surface area contributed by atoms with Gasteiger partial charge >= 0.3 is 0 Å². The van der Waals surface area contributed by atoms with Gasteiger partial charge in [-0.15, -0.1) is 0 Å². The van der Waals surface area contributed by atoms with Gasteiger partial charge in [-0.25, -0.2) is 0 Å². The first kappa shape index (κ1) is 14.0. The molecular formula is C14H18N4O2. The SMILES string of the molecule is CCCNc1ccc([N+](=O)[O-])cc1Cn1ccc(C)n1. The van der Waals surface area contributed by atoms with E-state index in [-0.39, 0.29) is 10.6 Å². The molecule has 0 saturated heterocycles. The number of benzene rings is 1. The fourth-order valence-electron chi connectivity index (χ4n) is 1.98. The molecule has 2 rings (SSSR count). The number of rotatable bonds is 6. The van der Waals surface area contributed by atoms with Crippen LogP contribution in [0.5, 0.6) is 0 Å². The molecule has 2 aromatic rings. The van der Waals surface area contributed by atoms with Crippen molar-refractivity contribution >= 4 is 11.4 Å². The summed E-state index contributed by atoms with van der Waals surface area (Å²) in [7, 11) is 0. The number of nitrogens with zero attached hydrogens (tertiary/aromatic N) is 3. The van der Waals surface area contributed by atoms with Crippen molar-refractivity contribution < 1.29 is 4.92 Å². The third-order valence-corrected chi connectivity index (χ3v) is 2.97. The normalized spacial score (nSPS) is 10.5. The third kappa shape index (κ3) is 3.34. The van der Waals surface area contributed by atoms with Gasteiger partial charge < -0.3 is 5.32 Å². The zero-order valence-electron chi connectivity index (χ0n) is 11.7. The van der Waals surface area contributed by atoms with E-state index in [0.717, 1.165) is 29.9 Å². The lowest BCUT2D eigenvalue weighted by atomic mass is 10.1. The molecule has 0 aliphatic rings. The van der Waals surface area contributed by atoms with Crippen LogP contribution in [0.2, 0.25) is 0 Å². The predicted molar refractivity (Wildman–Crippen MR) is 77.9 cm³/mol. The monoisotopic (exact) mass is 274 g/mol. The van der Waals surface area contributed by atoms with Crippen molar-refractivity contribution in [3.63, 3.8) is 0 Å². The van der Waals surface area contributed by atoms with Crippen molar-refractivity contribution in [2.45, 2.75) is 26.8 Å². The summed E-state index contributed by atoms with van der Waals surface area (Å²) in [6.45, 7) is 5.35. The molecule has 0 amide bonds. The van der Waals surface area contributed by atoms with Gasteiger partial charge in [0, 0.05) is 36.1 Å². The van der Waals surface area contributed by atoms with Crippen LogP contribution in [0.25, 0.3) is 0 Å². The van der Waals surface area contributed by atoms with Gasteiger partial charge in [-0.3, -0.25) is 14.8 Å². The Labute approximate surface area is 117 Å². The Kier molecular flexibility index (Phi) is 4.34. The van der Waals surface area contributed by atoms with Crippen LogP contribution in [0.3, 0.4) is 0 Å². The second-order valence-electron chi connectivity index (χ2n) is 4.68. The van der Waals surface area contributed by atoms with Gasteiger partial charge in [-0.05, 0) is 25.5 Å². The molecule has 106 valence electrons. The summed E-state index contributed by atoms with van der Waals surface area (Å²) in [5, 5.41) is 18.5. The van der Waals surface area contributed by atoms with E-state index >= 15 is 0 Å². The van der Waals surface area contributed by atoms with Crippen LogP contribution in [-0.4, -0.2) is 21.2 Å². The van der Waals surface area contributed by atoms with Crippen LogP contribution in [0, 0.1) is 17.0 Å². The maximum absolute atomic E-state index is 10.9. The number of nitro benzene ring substituents is 1. The van der Waals surface area contributed by atoms with E-state index in [4.69, 9.17) is 0 Å². The van der Waals surface area contributed by atoms with Crippen molar-refractivity contribution in [3.8, 4) is 0 Å². The molecule has 1 N–H and O–H groups in total. The highest BCUT2D eigenvalue weighted by molar-refractivity contribution is 5.56. The summed E-state index contributed by atoms with van der Waals surface area (Å²) < 4.78 is 1.78. The second-order valence-corrected chi connectivity index (χ2v) is 4.68. The smallest absolute Gasteiger partial charge is 0.269 e. The molecule has 1 aromatic heterocycles. The molecule has 0 aliphatic heterocycles. The lowest BCUT2D eigenvalue weighted by molar-refractivity contribution is -0.384. The van der Waals surface area contributed by atoms with Crippen molar-refractivity contribution in [1.29, 1.82) is 0 Å². The third-order valence-electron chi connectivity index (χ3n) is 2.97. The van der Waals surface area contributed by atoms with Crippen molar-refractivity contribution in [2.24, 2.45) is 0 Å². The van der Waals surface area contributed by atoms with E-state index in [1.165, 1.54) is 6.07 Å². The number of nitro groups is 1. The summed E-state index contributed by atoms with van der Waals surface area (Å²) in [5.41, 5.74) is 2.82. The summed E-state index contributed by atoms with van der Waals surface area (Å²) in [4.78, 5) is 10.5. The summed E-state index contributed by atoms with van der Waals surface area (Å²) >= 11 is 0. The molecule has 0 saturated carbocycles. The van der Waals surface area contributed by atoms with Gasteiger partial charge in [-0.1, -0.05) is 6.92 Å². The minimum Gasteiger partial charge on any atom is -0.385 e. The highest BCUT2D eigenvalue weighted by Gasteiger charge is 2.11. The number of anilines is 1. The predicted octanol–water partition coefficient (Wildman–Crippen LogP) is 2.97. The Balaban J connectivity index is 2.30. The van der Waals surface area contributed by atoms with Gasteiger partial charge in [0.15, 0.2) is 0 Å². The number of nitrogens with one attached hydrogen (secondary N) is 1. The molecule has 0 unspecified atom stereocenters. The number of hydrogen-bond acceptors (Lipinski definition) is 4. The van der Waals surface area contributed by atoms with Crippen molar-refractivity contribution in [3.05, 3.63) is 51.8 Å². The van der Waals surface area contributed by atoms with E-state index in [1.807, 2.05) is 19.2 Å². The fourth-order valence-corrected chi connectivity index (χ4v) is 1.98. The largest absolute Gasteiger partial charge is 0.385 e. The fraction of sp³-hybridized carbons (Fsp3) is 0.357. The minimum absolute atomic E-state index is 0.103. The summed E-state index contributed by atoms with van der Waals surface area (Å²) in [6, 6.07) is 6.81. The second kappa shape index (κ2) is 6.18. The molecule has 20 heavy (non-hydrogen) atoms. The Morgan fingerprint density at radius 3 is 2.80 bits per heavy atom. The summed E-state index contributed by atoms with van der Waals surface area (Å²) in [6.07, 6.45) is 2.87. The van der Waals surface area contributed by atoms with E-state index in [1.54, 1.807) is 16.8 Å². The van der Waals surface area contributed by atoms with Gasteiger partial charge in [0.1, 0.15) is 0 Å². The van der Waals surface area contributed by atoms with Crippen LogP contribution < -0.4 is 5.32 Å². The molecule has 0 atom stereocenters. The van der Waals surface area contributed by atoms with Gasteiger partial charge in [-0.2, -0.15) is 5.10 Å². The number of aromatic nitrogens is 2. The Morgan fingerprint density at radius 2 is 2.20 bits per heavy atom. The highest BCUT2D eigenvalue weighted by atomic mass is 16.6. The van der Waals surface area contributed by atoms with E-state index in [2.05, 4.69) is 17.3 Å². The number of hydrogen-bond donors (Lipinski definition) is 1. The lowest BCUT2D eigenvalue weighted by Gasteiger charge is -2.11. The molecule has 0 spiro atoms. The Hall–Kier alpha value is -2.37. The summed E-state index contributed by atoms with van der Waals surface area (Å²) in [5.74, 6) is 0. The maximum atomic E-state index is 10.9. The van der Waals surface area contributed by atoms with Gasteiger partial charge in [0.2, 0.25) is 0 Å². The number of aryl methyl sites for hydroxylation is 1. The molecule has 6 heteroatoms. The van der Waals surface area contributed by atoms with Crippen LogP contribution in [0.4, 0.5) is 11.4 Å². The molecule has 0 aliphatic carbocycles. The first-order chi connectivity index (χ1) is 9.60. The Bertz CT molecular complexity index is 607. The van der Waals surface area contributed by atoms with Gasteiger partial charge in [0.05, 0.1) is 17.2 Å². The van der Waals surface area contributed by atoms with E-state index in [0.29, 0.717) is 6.54 Å². The maximum Gasteiger partial charge on any atom is 0.269 e.